The molecule has 3 atom stereocenters. The lowest BCUT2D eigenvalue weighted by Gasteiger charge is -2.49. The number of hydrogen-bond acceptors (Lipinski definition) is 7. The van der Waals surface area contributed by atoms with Gasteiger partial charge in [-0.25, -0.2) is 4.79 Å². The van der Waals surface area contributed by atoms with Crippen molar-refractivity contribution in [1.82, 2.24) is 4.90 Å². The molecule has 3 aromatic rings. The van der Waals surface area contributed by atoms with E-state index in [0.29, 0.717) is 43.0 Å². The molecular formula is C39H55NO7Si. The first-order chi connectivity index (χ1) is 23.1. The number of benzene rings is 3. The van der Waals surface area contributed by atoms with E-state index in [-0.39, 0.29) is 25.2 Å². The second-order valence-electron chi connectivity index (χ2n) is 13.6. The molecule has 1 fully saturated rings. The molecule has 0 bridgehead atoms. The van der Waals surface area contributed by atoms with Crippen LogP contribution in [0.15, 0.2) is 78.9 Å². The lowest BCUT2D eigenvalue weighted by atomic mass is 9.85. The number of carbonyl (C=O) groups is 1. The summed E-state index contributed by atoms with van der Waals surface area (Å²) in [6.07, 6.45) is -0.898. The van der Waals surface area contributed by atoms with Crippen LogP contribution >= 0.6 is 0 Å². The fourth-order valence-electron chi connectivity index (χ4n) is 7.31. The highest BCUT2D eigenvalue weighted by atomic mass is 28.4. The molecule has 1 heterocycles. The highest BCUT2D eigenvalue weighted by Crippen LogP contribution is 2.46. The Balaban J connectivity index is 1.42. The number of aliphatic hydroxyl groups excluding tert-OH is 1. The molecule has 0 spiro atoms. The monoisotopic (exact) mass is 677 g/mol. The summed E-state index contributed by atoms with van der Waals surface area (Å²) in [4.78, 5) is 14.9. The largest absolute Gasteiger partial charge is 0.496 e. The highest BCUT2D eigenvalue weighted by molar-refractivity contribution is 6.77. The van der Waals surface area contributed by atoms with E-state index in [1.807, 2.05) is 78.9 Å². The molecule has 1 aliphatic heterocycles. The van der Waals surface area contributed by atoms with Crippen LogP contribution in [0, 0.1) is 0 Å². The molecule has 0 saturated carbocycles. The maximum absolute atomic E-state index is 13.3. The van der Waals surface area contributed by atoms with Crippen LogP contribution in [0.25, 0.3) is 0 Å². The molecule has 1 saturated heterocycles. The smallest absolute Gasteiger partial charge is 0.410 e. The van der Waals surface area contributed by atoms with Crippen molar-refractivity contribution in [2.75, 3.05) is 33.4 Å². The van der Waals surface area contributed by atoms with E-state index < -0.39 is 20.5 Å². The molecular weight excluding hydrogens is 623 g/mol. The normalized spacial score (nSPS) is 18.4. The van der Waals surface area contributed by atoms with Gasteiger partial charge in [0.15, 0.2) is 0 Å². The number of ether oxygens (including phenoxy) is 4. The number of likely N-dealkylation sites (tertiary alicyclic amines) is 1. The van der Waals surface area contributed by atoms with Gasteiger partial charge >= 0.3 is 6.09 Å². The van der Waals surface area contributed by atoms with Gasteiger partial charge in [0.2, 0.25) is 8.32 Å². The Kier molecular flexibility index (Phi) is 13.9. The number of para-hydroxylation sites is 1. The fourth-order valence-corrected chi connectivity index (χ4v) is 12.9. The Labute approximate surface area is 288 Å². The van der Waals surface area contributed by atoms with E-state index in [1.54, 1.807) is 12.0 Å². The molecule has 0 aliphatic carbocycles. The lowest BCUT2D eigenvalue weighted by molar-refractivity contribution is -0.0255. The minimum Gasteiger partial charge on any atom is -0.496 e. The van der Waals surface area contributed by atoms with Gasteiger partial charge in [0.05, 0.1) is 45.7 Å². The zero-order valence-electron chi connectivity index (χ0n) is 29.8. The van der Waals surface area contributed by atoms with E-state index in [2.05, 4.69) is 41.5 Å². The van der Waals surface area contributed by atoms with Crippen molar-refractivity contribution in [1.29, 1.82) is 0 Å². The van der Waals surface area contributed by atoms with Crippen LogP contribution in [0.2, 0.25) is 16.6 Å². The third-order valence-corrected chi connectivity index (χ3v) is 15.7. The van der Waals surface area contributed by atoms with E-state index in [4.69, 9.17) is 23.4 Å². The standard InChI is InChI=1S/C39H55NO7Si/c1-28(2)48(29(3)4,30(5)6)47-37-25-40(39(42)46-26-31-14-9-8-10-15-31)24-35(41)38(37)32-18-20-34(21-19-32)45-23-13-22-44-27-33-16-11-12-17-36(33)43-7/h8-12,14-21,28-30,35,37-38,41H,13,22-27H2,1-7H3. The van der Waals surface area contributed by atoms with Gasteiger partial charge in [-0.3, -0.25) is 0 Å². The molecule has 8 nitrogen and oxygen atoms in total. The number of methoxy groups -OCH3 is 1. The van der Waals surface area contributed by atoms with Gasteiger partial charge in [0.25, 0.3) is 0 Å². The molecule has 3 aromatic carbocycles. The van der Waals surface area contributed by atoms with Crippen LogP contribution in [0.3, 0.4) is 0 Å². The number of β-amino-alcohol motifs (C(OH)–C–C–N with tert-alkyl or cyclic N) is 1. The quantitative estimate of drug-likeness (QED) is 0.121. The third kappa shape index (κ3) is 9.40. The predicted octanol–water partition coefficient (Wildman–Crippen LogP) is 8.34. The van der Waals surface area contributed by atoms with Crippen molar-refractivity contribution in [2.45, 2.75) is 95.9 Å². The van der Waals surface area contributed by atoms with Crippen molar-refractivity contribution in [2.24, 2.45) is 0 Å². The van der Waals surface area contributed by atoms with Gasteiger partial charge in [-0.05, 0) is 45.9 Å². The third-order valence-electron chi connectivity index (χ3n) is 9.57. The van der Waals surface area contributed by atoms with Crippen LogP contribution in [0.1, 0.15) is 70.6 Å². The number of piperidine rings is 1. The summed E-state index contributed by atoms with van der Waals surface area (Å²) in [6.45, 7) is 15.8. The SMILES string of the molecule is COc1ccccc1COCCCOc1ccc(C2C(O)CN(C(=O)OCc3ccccc3)CC2O[Si](C(C)C)(C(C)C)C(C)C)cc1. The topological polar surface area (TPSA) is 86.7 Å². The molecule has 0 aromatic heterocycles. The van der Waals surface area contributed by atoms with Crippen LogP contribution in [0.4, 0.5) is 4.79 Å². The van der Waals surface area contributed by atoms with Crippen molar-refractivity contribution in [3.05, 3.63) is 95.6 Å². The number of carbonyl (C=O) groups excluding carboxylic acids is 1. The molecule has 1 N–H and O–H groups in total. The Hall–Kier alpha value is -3.37. The van der Waals surface area contributed by atoms with Gasteiger partial charge in [-0.15, -0.1) is 0 Å². The zero-order chi connectivity index (χ0) is 34.7. The second kappa shape index (κ2) is 17.9. The number of hydrogen-bond donors (Lipinski definition) is 1. The first-order valence-corrected chi connectivity index (χ1v) is 19.4. The highest BCUT2D eigenvalue weighted by Gasteiger charge is 2.50. The summed E-state index contributed by atoms with van der Waals surface area (Å²) in [5.41, 5.74) is 3.96. The summed E-state index contributed by atoms with van der Waals surface area (Å²) in [5.74, 6) is 1.28. The Morgan fingerprint density at radius 2 is 1.48 bits per heavy atom. The van der Waals surface area contributed by atoms with Crippen LogP contribution in [0.5, 0.6) is 11.5 Å². The van der Waals surface area contributed by atoms with Gasteiger partial charge in [0, 0.05) is 24.4 Å². The number of rotatable bonds is 16. The molecule has 4 rings (SSSR count). The van der Waals surface area contributed by atoms with Gasteiger partial charge in [0.1, 0.15) is 18.1 Å². The van der Waals surface area contributed by atoms with Gasteiger partial charge < -0.3 is 33.4 Å². The summed E-state index contributed by atoms with van der Waals surface area (Å²) < 4.78 is 30.2. The predicted molar refractivity (Wildman–Crippen MR) is 192 cm³/mol. The van der Waals surface area contributed by atoms with E-state index in [9.17, 15) is 9.90 Å². The molecule has 48 heavy (non-hydrogen) atoms. The summed E-state index contributed by atoms with van der Waals surface area (Å²) in [7, 11) is -0.692. The average molecular weight is 678 g/mol. The maximum atomic E-state index is 13.3. The van der Waals surface area contributed by atoms with Crippen LogP contribution in [-0.4, -0.2) is 70.0 Å². The first kappa shape index (κ1) is 37.4. The van der Waals surface area contributed by atoms with Gasteiger partial charge in [-0.1, -0.05) is 102 Å². The molecule has 0 radical (unpaired) electrons. The van der Waals surface area contributed by atoms with Crippen LogP contribution in [-0.2, 0) is 27.1 Å². The fraction of sp³-hybridized carbons (Fsp3) is 0.513. The van der Waals surface area contributed by atoms with Crippen LogP contribution < -0.4 is 9.47 Å². The first-order valence-electron chi connectivity index (χ1n) is 17.3. The van der Waals surface area contributed by atoms with E-state index in [0.717, 1.165) is 34.6 Å². The zero-order valence-corrected chi connectivity index (χ0v) is 30.8. The molecule has 262 valence electrons. The number of nitrogens with zero attached hydrogens (tertiary/aromatic N) is 1. The van der Waals surface area contributed by atoms with E-state index in [1.165, 1.54) is 0 Å². The van der Waals surface area contributed by atoms with E-state index >= 15 is 0 Å². The van der Waals surface area contributed by atoms with Gasteiger partial charge in [-0.2, -0.15) is 0 Å². The number of amides is 1. The molecule has 9 heteroatoms. The minimum atomic E-state index is -2.36. The molecule has 3 unspecified atom stereocenters. The van der Waals surface area contributed by atoms with Crippen molar-refractivity contribution in [3.63, 3.8) is 0 Å². The minimum absolute atomic E-state index is 0.171. The molecule has 1 amide bonds. The summed E-state index contributed by atoms with van der Waals surface area (Å²) in [6, 6.07) is 25.4. The summed E-state index contributed by atoms with van der Waals surface area (Å²) in [5, 5.41) is 11.7. The van der Waals surface area contributed by atoms with Crippen molar-refractivity contribution >= 4 is 14.4 Å². The number of aliphatic hydroxyl groups is 1. The van der Waals surface area contributed by atoms with Crippen molar-refractivity contribution in [3.8, 4) is 11.5 Å². The average Bonchev–Trinajstić information content (AvgIpc) is 3.08. The molecule has 1 aliphatic rings. The van der Waals surface area contributed by atoms with Crippen molar-refractivity contribution < 1.29 is 33.3 Å². The second-order valence-corrected chi connectivity index (χ2v) is 19.1. The Bertz CT molecular complexity index is 1380. The maximum Gasteiger partial charge on any atom is 0.410 e. The lowest BCUT2D eigenvalue weighted by Crippen LogP contribution is -2.59. The Morgan fingerprint density at radius 3 is 2.12 bits per heavy atom. The summed E-state index contributed by atoms with van der Waals surface area (Å²) >= 11 is 0. The Morgan fingerprint density at radius 1 is 0.833 bits per heavy atom.